The number of hydrogen-bond acceptors (Lipinski definition) is 3. The molecule has 0 fully saturated rings. The van der Waals surface area contributed by atoms with E-state index in [-0.39, 0.29) is 23.4 Å². The molecule has 192 valence electrons. The molecule has 7 heteroatoms. The number of hydrogen-bond donors (Lipinski definition) is 2. The van der Waals surface area contributed by atoms with E-state index < -0.39 is 18.7 Å². The summed E-state index contributed by atoms with van der Waals surface area (Å²) in [5.41, 5.74) is 2.88. The minimum absolute atomic E-state index is 0.0115. The van der Waals surface area contributed by atoms with Crippen molar-refractivity contribution in [3.05, 3.63) is 83.8 Å². The van der Waals surface area contributed by atoms with E-state index in [4.69, 9.17) is 4.74 Å². The fraction of sp³-hybridized carbons (Fsp3) is 0.345. The van der Waals surface area contributed by atoms with Crippen LogP contribution in [0.4, 0.5) is 20.2 Å². The van der Waals surface area contributed by atoms with E-state index in [0.717, 1.165) is 16.6 Å². The molecule has 2 N–H and O–H groups in total. The van der Waals surface area contributed by atoms with Gasteiger partial charge in [0.2, 0.25) is 5.91 Å². The van der Waals surface area contributed by atoms with Gasteiger partial charge in [0.15, 0.2) is 6.23 Å². The molecule has 2 aromatic carbocycles. The number of nitrogens with one attached hydrogen (secondary N) is 2. The van der Waals surface area contributed by atoms with Crippen molar-refractivity contribution in [1.29, 1.82) is 0 Å². The Kier molecular flexibility index (Phi) is 9.04. The van der Waals surface area contributed by atoms with Crippen LogP contribution in [0, 0.1) is 5.41 Å². The van der Waals surface area contributed by atoms with Gasteiger partial charge >= 0.3 is 0 Å². The van der Waals surface area contributed by atoms with E-state index in [1.807, 2.05) is 73.9 Å². The average Bonchev–Trinajstić information content (AvgIpc) is 3.17. The maximum absolute atomic E-state index is 14.6. The molecule has 0 aliphatic rings. The molecule has 0 saturated heterocycles. The van der Waals surface area contributed by atoms with E-state index in [9.17, 15) is 13.6 Å². The number of alkyl halides is 1. The molecule has 0 bridgehead atoms. The average molecular weight is 496 g/mol. The van der Waals surface area contributed by atoms with Gasteiger partial charge in [-0.25, -0.2) is 8.78 Å². The molecule has 36 heavy (non-hydrogen) atoms. The summed E-state index contributed by atoms with van der Waals surface area (Å²) >= 11 is 0. The molecule has 1 aromatic heterocycles. The van der Waals surface area contributed by atoms with Crippen molar-refractivity contribution in [3.8, 4) is 0 Å². The highest BCUT2D eigenvalue weighted by molar-refractivity contribution is 5.94. The molecule has 0 saturated carbocycles. The first kappa shape index (κ1) is 27.1. The van der Waals surface area contributed by atoms with Crippen LogP contribution in [-0.2, 0) is 16.1 Å². The van der Waals surface area contributed by atoms with Gasteiger partial charge < -0.3 is 19.9 Å². The van der Waals surface area contributed by atoms with Crippen LogP contribution in [0.25, 0.3) is 10.9 Å². The third-order valence-corrected chi connectivity index (χ3v) is 5.64. The minimum atomic E-state index is -0.917. The Bertz CT molecular complexity index is 1240. The molecular weight excluding hydrogens is 460 g/mol. The number of benzene rings is 2. The van der Waals surface area contributed by atoms with E-state index in [1.165, 1.54) is 6.08 Å². The SMILES string of the molecule is C/C=C\C(F)=C(/CF)Cn1c(C(Nc2ccccc2)OC)cc2cc(NC(=O)CC(C)(C)C)ccc21. The van der Waals surface area contributed by atoms with Gasteiger partial charge in [-0.1, -0.05) is 45.0 Å². The number of rotatable bonds is 10. The fourth-order valence-electron chi connectivity index (χ4n) is 4.03. The number of nitrogens with zero attached hydrogens (tertiary/aromatic N) is 1. The monoisotopic (exact) mass is 495 g/mol. The van der Waals surface area contributed by atoms with Gasteiger partial charge in [-0.05, 0) is 54.8 Å². The zero-order chi connectivity index (χ0) is 26.3. The first-order chi connectivity index (χ1) is 17.1. The highest BCUT2D eigenvalue weighted by Gasteiger charge is 2.21. The smallest absolute Gasteiger partial charge is 0.224 e. The van der Waals surface area contributed by atoms with Gasteiger partial charge in [0.1, 0.15) is 12.5 Å². The second-order valence-corrected chi connectivity index (χ2v) is 9.93. The molecule has 5 nitrogen and oxygen atoms in total. The molecule has 3 aromatic rings. The van der Waals surface area contributed by atoms with Crippen molar-refractivity contribution in [2.24, 2.45) is 5.41 Å². The lowest BCUT2D eigenvalue weighted by Crippen LogP contribution is -2.19. The van der Waals surface area contributed by atoms with Gasteiger partial charge in [-0.2, -0.15) is 0 Å². The van der Waals surface area contributed by atoms with Gasteiger partial charge in [-0.3, -0.25) is 4.79 Å². The molecule has 1 atom stereocenters. The van der Waals surface area contributed by atoms with Crippen LogP contribution in [0.15, 0.2) is 78.1 Å². The number of allylic oxidation sites excluding steroid dienone is 4. The van der Waals surface area contributed by atoms with Crippen molar-refractivity contribution >= 4 is 28.2 Å². The number of aromatic nitrogens is 1. The summed E-state index contributed by atoms with van der Waals surface area (Å²) in [5, 5.41) is 7.11. The van der Waals surface area contributed by atoms with Gasteiger partial charge in [0, 0.05) is 47.9 Å². The fourth-order valence-corrected chi connectivity index (χ4v) is 4.03. The van der Waals surface area contributed by atoms with Crippen molar-refractivity contribution < 1.29 is 18.3 Å². The number of fused-ring (bicyclic) bond motifs is 1. The number of carbonyl (C=O) groups is 1. The maximum atomic E-state index is 14.6. The van der Waals surface area contributed by atoms with Crippen LogP contribution in [0.1, 0.15) is 46.0 Å². The van der Waals surface area contributed by atoms with Crippen LogP contribution in [0.2, 0.25) is 0 Å². The molecule has 1 heterocycles. The van der Waals surface area contributed by atoms with Gasteiger partial charge in [0.25, 0.3) is 0 Å². The lowest BCUT2D eigenvalue weighted by molar-refractivity contribution is -0.117. The molecule has 3 rings (SSSR count). The number of ether oxygens (including phenoxy) is 1. The zero-order valence-electron chi connectivity index (χ0n) is 21.6. The van der Waals surface area contributed by atoms with Crippen molar-refractivity contribution in [2.75, 3.05) is 24.4 Å². The van der Waals surface area contributed by atoms with E-state index in [1.54, 1.807) is 26.2 Å². The normalized spacial score (nSPS) is 13.6. The second-order valence-electron chi connectivity index (χ2n) is 9.93. The minimum Gasteiger partial charge on any atom is -0.356 e. The summed E-state index contributed by atoms with van der Waals surface area (Å²) in [4.78, 5) is 12.5. The predicted molar refractivity (Wildman–Crippen MR) is 143 cm³/mol. The largest absolute Gasteiger partial charge is 0.356 e. The van der Waals surface area contributed by atoms with E-state index in [2.05, 4.69) is 10.6 Å². The van der Waals surface area contributed by atoms with Crippen molar-refractivity contribution in [1.82, 2.24) is 4.57 Å². The number of amides is 1. The Morgan fingerprint density at radius 3 is 2.44 bits per heavy atom. The standard InChI is InChI=1S/C29H35F2N3O2/c1-6-10-24(31)21(18-30)19-34-25-14-13-23(32-27(35)17-29(2,3)4)15-20(25)16-26(34)28(36-5)33-22-11-8-7-9-12-22/h6-16,28,33H,17-19H2,1-5H3,(H,32,35)/b10-6-,24-21-. The third-order valence-electron chi connectivity index (χ3n) is 5.64. The number of para-hydroxylation sites is 1. The highest BCUT2D eigenvalue weighted by Crippen LogP contribution is 2.31. The topological polar surface area (TPSA) is 55.3 Å². The van der Waals surface area contributed by atoms with Crippen LogP contribution in [0.5, 0.6) is 0 Å². The number of methoxy groups -OCH3 is 1. The third kappa shape index (κ3) is 7.04. The quantitative estimate of drug-likeness (QED) is 0.226. The van der Waals surface area contributed by atoms with Crippen LogP contribution < -0.4 is 10.6 Å². The lowest BCUT2D eigenvalue weighted by atomic mass is 9.92. The van der Waals surface area contributed by atoms with E-state index >= 15 is 0 Å². The summed E-state index contributed by atoms with van der Waals surface area (Å²) in [5.74, 6) is -0.665. The second kappa shape index (κ2) is 12.0. The molecule has 1 amide bonds. The maximum Gasteiger partial charge on any atom is 0.224 e. The van der Waals surface area contributed by atoms with Gasteiger partial charge in [0.05, 0.1) is 5.69 Å². The Morgan fingerprint density at radius 2 is 1.83 bits per heavy atom. The highest BCUT2D eigenvalue weighted by atomic mass is 19.1. The summed E-state index contributed by atoms with van der Waals surface area (Å²) in [6.45, 7) is 6.81. The Balaban J connectivity index is 2.06. The van der Waals surface area contributed by atoms with E-state index in [0.29, 0.717) is 17.8 Å². The van der Waals surface area contributed by atoms with Crippen LogP contribution >= 0.6 is 0 Å². The molecule has 0 radical (unpaired) electrons. The summed E-state index contributed by atoms with van der Waals surface area (Å²) in [6.07, 6.45) is 2.61. The summed E-state index contributed by atoms with van der Waals surface area (Å²) in [7, 11) is 1.58. The predicted octanol–water partition coefficient (Wildman–Crippen LogP) is 7.54. The Morgan fingerprint density at radius 1 is 1.11 bits per heavy atom. The molecule has 0 spiro atoms. The Labute approximate surface area is 211 Å². The number of anilines is 2. The molecule has 1 unspecified atom stereocenters. The van der Waals surface area contributed by atoms with Crippen LogP contribution in [-0.4, -0.2) is 24.3 Å². The Hall–Kier alpha value is -3.45. The van der Waals surface area contributed by atoms with Gasteiger partial charge in [-0.15, -0.1) is 0 Å². The van der Waals surface area contributed by atoms with Crippen molar-refractivity contribution in [2.45, 2.75) is 46.9 Å². The van der Waals surface area contributed by atoms with Crippen molar-refractivity contribution in [3.63, 3.8) is 0 Å². The summed E-state index contributed by atoms with van der Waals surface area (Å²) in [6, 6.07) is 17.0. The molecular formula is C29H35F2N3O2. The first-order valence-electron chi connectivity index (χ1n) is 12.0. The van der Waals surface area contributed by atoms with Crippen LogP contribution in [0.3, 0.4) is 0 Å². The lowest BCUT2D eigenvalue weighted by Gasteiger charge is -2.21. The number of carbonyl (C=O) groups excluding carboxylic acids is 1. The zero-order valence-corrected chi connectivity index (χ0v) is 21.6. The first-order valence-corrected chi connectivity index (χ1v) is 12.0. The summed E-state index contributed by atoms with van der Waals surface area (Å²) < 4.78 is 36.1. The number of halogens is 2. The molecule has 0 aliphatic heterocycles. The molecule has 0 aliphatic carbocycles.